The summed E-state index contributed by atoms with van der Waals surface area (Å²) in [6, 6.07) is -0.913. The van der Waals surface area contributed by atoms with E-state index in [1.54, 1.807) is 6.92 Å². The van der Waals surface area contributed by atoms with E-state index in [0.29, 0.717) is 19.5 Å². The zero-order valence-corrected chi connectivity index (χ0v) is 12.6. The number of rotatable bonds is 5. The summed E-state index contributed by atoms with van der Waals surface area (Å²) in [7, 11) is 0. The first-order valence-corrected chi connectivity index (χ1v) is 7.55. The summed E-state index contributed by atoms with van der Waals surface area (Å²) < 4.78 is 37.6. The predicted molar refractivity (Wildman–Crippen MR) is 73.3 cm³/mol. The van der Waals surface area contributed by atoms with Crippen molar-refractivity contribution in [2.24, 2.45) is 0 Å². The molecule has 0 aromatic carbocycles. The lowest BCUT2D eigenvalue weighted by Gasteiger charge is -2.17. The number of alkyl halides is 3. The molecular formula is C12H15F3N4O2S. The molecule has 0 radical (unpaired) electrons. The van der Waals surface area contributed by atoms with Crippen molar-refractivity contribution >= 4 is 23.3 Å². The Labute approximate surface area is 128 Å². The molecule has 0 unspecified atom stereocenters. The van der Waals surface area contributed by atoms with Gasteiger partial charge in [0, 0.05) is 18.5 Å². The highest BCUT2D eigenvalue weighted by molar-refractivity contribution is 7.09. The molecule has 6 nitrogen and oxygen atoms in total. The first kappa shape index (κ1) is 16.7. The Morgan fingerprint density at radius 3 is 2.82 bits per heavy atom. The van der Waals surface area contributed by atoms with Gasteiger partial charge in [0.2, 0.25) is 5.91 Å². The second-order valence-corrected chi connectivity index (χ2v) is 5.58. The summed E-state index contributed by atoms with van der Waals surface area (Å²) in [5.41, 5.74) is -0.932. The van der Waals surface area contributed by atoms with Crippen LogP contribution in [-0.4, -0.2) is 41.5 Å². The molecule has 122 valence electrons. The summed E-state index contributed by atoms with van der Waals surface area (Å²) in [6.45, 7) is 2.35. The van der Waals surface area contributed by atoms with Crippen molar-refractivity contribution in [3.8, 4) is 0 Å². The molecule has 3 amide bonds. The third-order valence-electron chi connectivity index (χ3n) is 3.18. The van der Waals surface area contributed by atoms with E-state index >= 15 is 0 Å². The fourth-order valence-corrected chi connectivity index (χ4v) is 2.98. The van der Waals surface area contributed by atoms with E-state index in [1.165, 1.54) is 0 Å². The molecule has 1 atom stereocenters. The van der Waals surface area contributed by atoms with Gasteiger partial charge >= 0.3 is 12.2 Å². The van der Waals surface area contributed by atoms with Gasteiger partial charge in [0.1, 0.15) is 5.01 Å². The number of carbonyl (C=O) groups is 2. The highest BCUT2D eigenvalue weighted by Crippen LogP contribution is 2.32. The van der Waals surface area contributed by atoms with Crippen LogP contribution in [-0.2, 0) is 11.0 Å². The first-order chi connectivity index (χ1) is 10.3. The molecule has 1 aromatic heterocycles. The smallest absolute Gasteiger partial charge is 0.336 e. The fraction of sp³-hybridized carbons (Fsp3) is 0.583. The predicted octanol–water partition coefficient (Wildman–Crippen LogP) is 1.75. The van der Waals surface area contributed by atoms with Crippen LogP contribution in [0.2, 0.25) is 0 Å². The summed E-state index contributed by atoms with van der Waals surface area (Å²) >= 11 is 0.896. The topological polar surface area (TPSA) is 74.3 Å². The fourth-order valence-electron chi connectivity index (χ4n) is 2.00. The van der Waals surface area contributed by atoms with Gasteiger partial charge in [0.25, 0.3) is 0 Å². The molecule has 0 saturated carbocycles. The number of halogens is 3. The van der Waals surface area contributed by atoms with Gasteiger partial charge in [-0.2, -0.15) is 13.2 Å². The maximum Gasteiger partial charge on any atom is 0.434 e. The van der Waals surface area contributed by atoms with Gasteiger partial charge in [-0.3, -0.25) is 15.0 Å². The highest BCUT2D eigenvalue weighted by Gasteiger charge is 2.34. The monoisotopic (exact) mass is 336 g/mol. The second kappa shape index (κ2) is 6.61. The van der Waals surface area contributed by atoms with Crippen LogP contribution in [0, 0.1) is 0 Å². The number of hydrogen-bond donors (Lipinski definition) is 2. The van der Waals surface area contributed by atoms with Gasteiger partial charge in [-0.1, -0.05) is 6.92 Å². The minimum Gasteiger partial charge on any atom is -0.336 e. The molecule has 0 bridgehead atoms. The van der Waals surface area contributed by atoms with E-state index in [2.05, 4.69) is 15.6 Å². The van der Waals surface area contributed by atoms with Crippen molar-refractivity contribution in [1.29, 1.82) is 0 Å². The number of nitrogens with one attached hydrogen (secondary N) is 2. The van der Waals surface area contributed by atoms with Crippen LogP contribution in [0.15, 0.2) is 5.38 Å². The first-order valence-electron chi connectivity index (χ1n) is 6.67. The normalized spacial score (nSPS) is 16.7. The minimum absolute atomic E-state index is 0.132. The molecule has 1 saturated heterocycles. The van der Waals surface area contributed by atoms with E-state index in [9.17, 15) is 22.8 Å². The molecule has 0 spiro atoms. The Hall–Kier alpha value is -1.68. The number of hydrogen-bond acceptors (Lipinski definition) is 5. The number of thiazole rings is 1. The molecule has 22 heavy (non-hydrogen) atoms. The summed E-state index contributed by atoms with van der Waals surface area (Å²) in [5.74, 6) is -0.416. The van der Waals surface area contributed by atoms with Crippen LogP contribution in [0.1, 0.15) is 30.1 Å². The zero-order chi connectivity index (χ0) is 16.3. The maximum absolute atomic E-state index is 12.5. The molecule has 2 rings (SSSR count). The summed E-state index contributed by atoms with van der Waals surface area (Å²) in [5, 5.41) is 6.59. The maximum atomic E-state index is 12.5. The van der Waals surface area contributed by atoms with Gasteiger partial charge in [0.05, 0.1) is 12.6 Å². The van der Waals surface area contributed by atoms with Crippen molar-refractivity contribution in [2.75, 3.05) is 19.6 Å². The quantitative estimate of drug-likeness (QED) is 0.859. The van der Waals surface area contributed by atoms with Crippen molar-refractivity contribution in [3.05, 3.63) is 16.1 Å². The lowest BCUT2D eigenvalue weighted by atomic mass is 10.2. The number of aromatic nitrogens is 1. The van der Waals surface area contributed by atoms with E-state index in [4.69, 9.17) is 0 Å². The van der Waals surface area contributed by atoms with Crippen LogP contribution >= 0.6 is 11.3 Å². The number of amides is 3. The largest absolute Gasteiger partial charge is 0.434 e. The molecule has 10 heteroatoms. The zero-order valence-electron chi connectivity index (χ0n) is 11.7. The van der Waals surface area contributed by atoms with Gasteiger partial charge in [-0.25, -0.2) is 9.78 Å². The summed E-state index contributed by atoms with van der Waals surface area (Å²) in [4.78, 5) is 27.9. The Morgan fingerprint density at radius 1 is 1.59 bits per heavy atom. The molecule has 1 aliphatic heterocycles. The Bertz CT molecular complexity index is 561. The third-order valence-corrected chi connectivity index (χ3v) is 4.13. The van der Waals surface area contributed by atoms with Crippen LogP contribution in [0.4, 0.5) is 18.0 Å². The van der Waals surface area contributed by atoms with Gasteiger partial charge < -0.3 is 5.32 Å². The average Bonchev–Trinajstić information content (AvgIpc) is 3.07. The van der Waals surface area contributed by atoms with Crippen molar-refractivity contribution in [1.82, 2.24) is 20.5 Å². The molecular weight excluding hydrogens is 321 g/mol. The Morgan fingerprint density at radius 2 is 2.32 bits per heavy atom. The van der Waals surface area contributed by atoms with Gasteiger partial charge in [0.15, 0.2) is 5.69 Å². The lowest BCUT2D eigenvalue weighted by Crippen LogP contribution is -2.41. The molecule has 2 N–H and O–H groups in total. The molecule has 1 fully saturated rings. The van der Waals surface area contributed by atoms with Crippen molar-refractivity contribution in [2.45, 2.75) is 25.6 Å². The van der Waals surface area contributed by atoms with Crippen LogP contribution in [0.3, 0.4) is 0 Å². The van der Waals surface area contributed by atoms with Crippen LogP contribution < -0.4 is 10.6 Å². The van der Waals surface area contributed by atoms with Gasteiger partial charge in [-0.15, -0.1) is 11.3 Å². The molecule has 0 aliphatic carbocycles. The molecule has 2 heterocycles. The SMILES string of the molecule is CC[C@@H](NCC(=O)N1CCNC1=O)c1nc(C(F)(F)F)cs1. The number of urea groups is 1. The lowest BCUT2D eigenvalue weighted by molar-refractivity contribution is -0.140. The number of imide groups is 1. The molecule has 1 aliphatic rings. The number of carbonyl (C=O) groups excluding carboxylic acids is 2. The van der Waals surface area contributed by atoms with Gasteiger partial charge in [-0.05, 0) is 6.42 Å². The van der Waals surface area contributed by atoms with Crippen molar-refractivity contribution < 1.29 is 22.8 Å². The molecule has 1 aromatic rings. The average molecular weight is 336 g/mol. The minimum atomic E-state index is -4.48. The summed E-state index contributed by atoms with van der Waals surface area (Å²) in [6.07, 6.45) is -4.00. The third kappa shape index (κ3) is 3.74. The van der Waals surface area contributed by atoms with Crippen molar-refractivity contribution in [3.63, 3.8) is 0 Å². The van der Waals surface area contributed by atoms with Crippen LogP contribution in [0.5, 0.6) is 0 Å². The Kier molecular flexibility index (Phi) is 5.01. The van der Waals surface area contributed by atoms with E-state index in [1.807, 2.05) is 0 Å². The second-order valence-electron chi connectivity index (χ2n) is 4.69. The van der Waals surface area contributed by atoms with E-state index < -0.39 is 29.9 Å². The highest BCUT2D eigenvalue weighted by atomic mass is 32.1. The number of nitrogens with zero attached hydrogens (tertiary/aromatic N) is 2. The van der Waals surface area contributed by atoms with E-state index in [-0.39, 0.29) is 11.6 Å². The standard InChI is InChI=1S/C12H15F3N4O2S/c1-2-7(10-18-8(6-22-10)12(13,14)15)17-5-9(20)19-4-3-16-11(19)21/h6-7,17H,2-5H2,1H3,(H,16,21)/t7-/m1/s1. The van der Waals surface area contributed by atoms with E-state index in [0.717, 1.165) is 21.6 Å². The van der Waals surface area contributed by atoms with Crippen LogP contribution in [0.25, 0.3) is 0 Å². The Balaban J connectivity index is 1.96.